The lowest BCUT2D eigenvalue weighted by molar-refractivity contribution is 0.628. The summed E-state index contributed by atoms with van der Waals surface area (Å²) in [5.41, 5.74) is 3.31. The zero-order chi connectivity index (χ0) is 21.7. The highest BCUT2D eigenvalue weighted by Gasteiger charge is 2.13. The van der Waals surface area contributed by atoms with Crippen molar-refractivity contribution in [3.63, 3.8) is 0 Å². The Morgan fingerprint density at radius 2 is 1.84 bits per heavy atom. The minimum absolute atomic E-state index is 0.0781. The summed E-state index contributed by atoms with van der Waals surface area (Å²) >= 11 is 4.61. The molecule has 9 heteroatoms. The molecule has 0 aliphatic carbocycles. The van der Waals surface area contributed by atoms with Crippen molar-refractivity contribution in [2.45, 2.75) is 10.8 Å². The maximum atomic E-state index is 13.3. The predicted molar refractivity (Wildman–Crippen MR) is 129 cm³/mol. The van der Waals surface area contributed by atoms with E-state index < -0.39 is 0 Å². The molecule has 0 spiro atoms. The van der Waals surface area contributed by atoms with E-state index in [9.17, 15) is 9.18 Å². The van der Waals surface area contributed by atoms with E-state index >= 15 is 0 Å². The largest absolute Gasteiger partial charge is 0.269 e. The first-order chi connectivity index (χ1) is 15.7. The van der Waals surface area contributed by atoms with Gasteiger partial charge in [0.1, 0.15) is 17.2 Å². The van der Waals surface area contributed by atoms with Gasteiger partial charge < -0.3 is 0 Å². The van der Waals surface area contributed by atoms with Gasteiger partial charge in [-0.15, -0.1) is 11.3 Å². The average molecular weight is 477 g/mol. The standard InChI is InChI=1S/C23H13FN4OS3/c24-14-7-5-13(6-8-14)19-10-16-21(31-19)22(26-12-25-16)30-11-15-9-20(29)28-17-3-1-2-4-18(17)32-23(28)27-15/h1-10,12H,11H2. The number of rotatable bonds is 4. The van der Waals surface area contributed by atoms with Crippen LogP contribution < -0.4 is 5.56 Å². The molecular formula is C23H13FN4OS3. The molecule has 32 heavy (non-hydrogen) atoms. The summed E-state index contributed by atoms with van der Waals surface area (Å²) in [5.74, 6) is 0.264. The van der Waals surface area contributed by atoms with Crippen molar-refractivity contribution < 1.29 is 4.39 Å². The van der Waals surface area contributed by atoms with Crippen molar-refractivity contribution in [3.8, 4) is 10.4 Å². The molecule has 0 fully saturated rings. The molecule has 0 aliphatic rings. The molecular weight excluding hydrogens is 463 g/mol. The molecule has 4 heterocycles. The van der Waals surface area contributed by atoms with E-state index in [-0.39, 0.29) is 11.4 Å². The molecule has 0 radical (unpaired) electrons. The van der Waals surface area contributed by atoms with Gasteiger partial charge in [0.15, 0.2) is 4.96 Å². The van der Waals surface area contributed by atoms with Gasteiger partial charge in [-0.05, 0) is 35.9 Å². The maximum Gasteiger partial charge on any atom is 0.259 e. The fourth-order valence-corrected chi connectivity index (χ4v) is 6.67. The monoisotopic (exact) mass is 476 g/mol. The number of thiazole rings is 1. The summed E-state index contributed by atoms with van der Waals surface area (Å²) in [6.07, 6.45) is 1.54. The van der Waals surface area contributed by atoms with Crippen LogP contribution in [0, 0.1) is 5.82 Å². The molecule has 6 rings (SSSR count). The Hall–Kier alpha value is -3.14. The van der Waals surface area contributed by atoms with Gasteiger partial charge in [0.25, 0.3) is 5.56 Å². The zero-order valence-electron chi connectivity index (χ0n) is 16.4. The van der Waals surface area contributed by atoms with Crippen LogP contribution >= 0.6 is 34.4 Å². The van der Waals surface area contributed by atoms with Gasteiger partial charge in [-0.3, -0.25) is 9.20 Å². The van der Waals surface area contributed by atoms with Crippen molar-refractivity contribution >= 4 is 59.8 Å². The molecule has 156 valence electrons. The first-order valence-electron chi connectivity index (χ1n) is 9.69. The van der Waals surface area contributed by atoms with Crippen LogP contribution in [0.3, 0.4) is 0 Å². The van der Waals surface area contributed by atoms with E-state index in [1.165, 1.54) is 35.2 Å². The fraction of sp³-hybridized carbons (Fsp3) is 0.0435. The van der Waals surface area contributed by atoms with Gasteiger partial charge in [0.05, 0.1) is 26.1 Å². The summed E-state index contributed by atoms with van der Waals surface area (Å²) in [4.78, 5) is 28.0. The Labute approximate surface area is 193 Å². The molecule has 6 aromatic rings. The molecule has 0 N–H and O–H groups in total. The topological polar surface area (TPSA) is 60.2 Å². The summed E-state index contributed by atoms with van der Waals surface area (Å²) in [7, 11) is 0. The number of thiophene rings is 1. The fourth-order valence-electron chi connectivity index (χ4n) is 3.53. The Morgan fingerprint density at radius 3 is 2.72 bits per heavy atom. The van der Waals surface area contributed by atoms with Gasteiger partial charge >= 0.3 is 0 Å². The zero-order valence-corrected chi connectivity index (χ0v) is 18.8. The summed E-state index contributed by atoms with van der Waals surface area (Å²) in [5, 5.41) is 0.840. The molecule has 0 saturated heterocycles. The minimum Gasteiger partial charge on any atom is -0.269 e. The van der Waals surface area contributed by atoms with Crippen LogP contribution in [0.4, 0.5) is 4.39 Å². The number of aromatic nitrogens is 4. The maximum absolute atomic E-state index is 13.3. The smallest absolute Gasteiger partial charge is 0.259 e. The van der Waals surface area contributed by atoms with Crippen LogP contribution in [0.1, 0.15) is 5.69 Å². The van der Waals surface area contributed by atoms with E-state index in [1.807, 2.05) is 30.3 Å². The Kier molecular flexibility index (Phi) is 4.74. The number of nitrogens with zero attached hydrogens (tertiary/aromatic N) is 4. The van der Waals surface area contributed by atoms with E-state index in [0.717, 1.165) is 35.9 Å². The van der Waals surface area contributed by atoms with Crippen molar-refractivity contribution in [2.24, 2.45) is 0 Å². The molecule has 0 unspecified atom stereocenters. The van der Waals surface area contributed by atoms with Crippen molar-refractivity contribution in [2.75, 3.05) is 0 Å². The predicted octanol–water partition coefficient (Wildman–Crippen LogP) is 6.01. The van der Waals surface area contributed by atoms with Gasteiger partial charge in [0, 0.05) is 16.7 Å². The Morgan fingerprint density at radius 1 is 1.00 bits per heavy atom. The number of thioether (sulfide) groups is 1. The second kappa shape index (κ2) is 7.77. The lowest BCUT2D eigenvalue weighted by atomic mass is 10.2. The van der Waals surface area contributed by atoms with Crippen molar-refractivity contribution in [3.05, 3.63) is 88.9 Å². The van der Waals surface area contributed by atoms with Crippen LogP contribution in [0.15, 0.2) is 76.8 Å². The second-order valence-corrected chi connectivity index (χ2v) is 10.1. The highest BCUT2D eigenvalue weighted by atomic mass is 32.2. The average Bonchev–Trinajstić information content (AvgIpc) is 3.40. The first-order valence-corrected chi connectivity index (χ1v) is 12.3. The number of hydrogen-bond acceptors (Lipinski definition) is 7. The quantitative estimate of drug-likeness (QED) is 0.230. The van der Waals surface area contributed by atoms with Crippen LogP contribution in [0.25, 0.3) is 35.8 Å². The summed E-state index contributed by atoms with van der Waals surface area (Å²) in [6.45, 7) is 0. The molecule has 5 nitrogen and oxygen atoms in total. The van der Waals surface area contributed by atoms with E-state index in [4.69, 9.17) is 4.98 Å². The molecule has 0 amide bonds. The van der Waals surface area contributed by atoms with Crippen LogP contribution in [0.2, 0.25) is 0 Å². The number of para-hydroxylation sites is 1. The lowest BCUT2D eigenvalue weighted by Crippen LogP contribution is -2.13. The minimum atomic E-state index is -0.259. The highest BCUT2D eigenvalue weighted by Crippen LogP contribution is 2.37. The SMILES string of the molecule is O=c1cc(CSc2ncnc3cc(-c4ccc(F)cc4)sc23)nc2sc3ccccc3n12. The second-order valence-electron chi connectivity index (χ2n) is 7.07. The van der Waals surface area contributed by atoms with Crippen LogP contribution in [0.5, 0.6) is 0 Å². The van der Waals surface area contributed by atoms with Gasteiger partial charge in [-0.2, -0.15) is 0 Å². The van der Waals surface area contributed by atoms with Crippen molar-refractivity contribution in [1.29, 1.82) is 0 Å². The third-order valence-corrected chi connectivity index (χ3v) is 8.37. The highest BCUT2D eigenvalue weighted by molar-refractivity contribution is 7.98. The third kappa shape index (κ3) is 3.38. The summed E-state index contributed by atoms with van der Waals surface area (Å²) in [6, 6.07) is 17.8. The molecule has 0 bridgehead atoms. The van der Waals surface area contributed by atoms with Crippen LogP contribution in [-0.4, -0.2) is 19.4 Å². The van der Waals surface area contributed by atoms with Crippen LogP contribution in [-0.2, 0) is 5.75 Å². The molecule has 4 aromatic heterocycles. The normalized spacial score (nSPS) is 11.7. The lowest BCUT2D eigenvalue weighted by Gasteiger charge is -2.02. The number of fused-ring (bicyclic) bond motifs is 4. The number of benzene rings is 2. The number of halogens is 1. The molecule has 0 saturated carbocycles. The summed E-state index contributed by atoms with van der Waals surface area (Å²) < 4.78 is 16.9. The Bertz CT molecular complexity index is 1670. The molecule has 2 aromatic carbocycles. The van der Waals surface area contributed by atoms with E-state index in [1.54, 1.807) is 40.3 Å². The number of hydrogen-bond donors (Lipinski definition) is 0. The van der Waals surface area contributed by atoms with Gasteiger partial charge in [0.2, 0.25) is 0 Å². The van der Waals surface area contributed by atoms with Gasteiger partial charge in [-0.1, -0.05) is 47.4 Å². The molecule has 0 atom stereocenters. The van der Waals surface area contributed by atoms with E-state index in [0.29, 0.717) is 16.4 Å². The third-order valence-electron chi connectivity index (χ3n) is 5.01. The first kappa shape index (κ1) is 19.5. The van der Waals surface area contributed by atoms with E-state index in [2.05, 4.69) is 9.97 Å². The molecule has 0 aliphatic heterocycles. The Balaban J connectivity index is 1.33. The van der Waals surface area contributed by atoms with Gasteiger partial charge in [-0.25, -0.2) is 19.3 Å². The van der Waals surface area contributed by atoms with Crippen molar-refractivity contribution in [1.82, 2.24) is 19.4 Å².